The lowest BCUT2D eigenvalue weighted by Gasteiger charge is -2.11. The topological polar surface area (TPSA) is 29.5 Å². The third-order valence-electron chi connectivity index (χ3n) is 1.86. The molecule has 0 spiro atoms. The van der Waals surface area contributed by atoms with E-state index in [4.69, 9.17) is 6.17 Å². The fraction of sp³-hybridized carbons (Fsp3) is 0.273. The van der Waals surface area contributed by atoms with Gasteiger partial charge in [0.05, 0.1) is 5.56 Å². The molecule has 1 rings (SSSR count). The lowest BCUT2D eigenvalue weighted by molar-refractivity contribution is -0.137. The van der Waals surface area contributed by atoms with Crippen LogP contribution < -0.4 is 4.74 Å². The zero-order chi connectivity index (χ0) is 13.6. The van der Waals surface area contributed by atoms with Gasteiger partial charge in [-0.25, -0.2) is 0 Å². The van der Waals surface area contributed by atoms with Gasteiger partial charge in [0.15, 0.2) is 0 Å². The molecule has 0 aliphatic heterocycles. The highest BCUT2D eigenvalue weighted by Gasteiger charge is 2.30. The van der Waals surface area contributed by atoms with E-state index in [0.29, 0.717) is 0 Å². The molecule has 1 unspecified atom stereocenters. The third-order valence-corrected chi connectivity index (χ3v) is 2.28. The fourth-order valence-electron chi connectivity index (χ4n) is 1.08. The van der Waals surface area contributed by atoms with Crippen molar-refractivity contribution >= 4 is 22.6 Å². The number of aliphatic hydroxyl groups excluding tert-OH is 1. The van der Waals surface area contributed by atoms with Crippen molar-refractivity contribution in [2.75, 3.05) is 6.61 Å². The summed E-state index contributed by atoms with van der Waals surface area (Å²) in [7, 11) is 0. The van der Waals surface area contributed by atoms with Crippen LogP contribution in [-0.4, -0.2) is 19.3 Å². The molecule has 1 N–H and O–H groups in total. The molecular formula is C11H10F3IO2. The molecule has 0 bridgehead atoms. The zero-order valence-corrected chi connectivity index (χ0v) is 10.7. The summed E-state index contributed by atoms with van der Waals surface area (Å²) in [5.74, 6) is 0.0914. The van der Waals surface area contributed by atoms with Crippen LogP contribution in [-0.2, 0) is 6.18 Å². The van der Waals surface area contributed by atoms with Crippen molar-refractivity contribution in [3.05, 3.63) is 40.0 Å². The molecule has 1 atom stereocenters. The molecule has 17 heavy (non-hydrogen) atoms. The first kappa shape index (κ1) is 12.7. The van der Waals surface area contributed by atoms with Crippen LogP contribution in [0.5, 0.6) is 5.75 Å². The molecule has 0 radical (unpaired) electrons. The molecule has 0 amide bonds. The van der Waals surface area contributed by atoms with Crippen LogP contribution in [0.3, 0.4) is 0 Å². The third kappa shape index (κ3) is 4.95. The highest BCUT2D eigenvalue weighted by Crippen LogP contribution is 2.31. The first-order chi connectivity index (χ1) is 8.47. The van der Waals surface area contributed by atoms with E-state index in [9.17, 15) is 13.2 Å². The van der Waals surface area contributed by atoms with Crippen molar-refractivity contribution in [1.29, 1.82) is 1.43 Å². The van der Waals surface area contributed by atoms with Gasteiger partial charge in [0.2, 0.25) is 1.43 Å². The average molecular weight is 360 g/mol. The molecule has 94 valence electrons. The van der Waals surface area contributed by atoms with E-state index in [2.05, 4.69) is 5.11 Å². The lowest BCUT2D eigenvalue weighted by Crippen LogP contribution is -2.14. The predicted octanol–water partition coefficient (Wildman–Crippen LogP) is 3.39. The van der Waals surface area contributed by atoms with Gasteiger partial charge in [-0.15, -0.1) is 0 Å². The van der Waals surface area contributed by atoms with Gasteiger partial charge in [0.1, 0.15) is 18.5 Å². The largest absolute Gasteiger partial charge is 0.491 e. The molecule has 0 aliphatic carbocycles. The number of aliphatic hydroxyl groups is 1. The summed E-state index contributed by atoms with van der Waals surface area (Å²) in [4.78, 5) is 0. The number of alkyl halides is 3. The highest BCUT2D eigenvalue weighted by atomic mass is 127. The van der Waals surface area contributed by atoms with Crippen molar-refractivity contribution in [1.82, 2.24) is 0 Å². The minimum atomic E-state index is -4.40. The maximum absolute atomic E-state index is 12.4. The Kier molecular flexibility index (Phi) is 4.66. The number of rotatable bonds is 5. The van der Waals surface area contributed by atoms with E-state index in [-0.39, 0.29) is 12.4 Å². The minimum Gasteiger partial charge on any atom is -0.491 e. The van der Waals surface area contributed by atoms with E-state index in [1.54, 1.807) is 10.2 Å². The van der Waals surface area contributed by atoms with Crippen molar-refractivity contribution in [3.8, 4) is 5.75 Å². The highest BCUT2D eigenvalue weighted by molar-refractivity contribution is 14.1. The average Bonchev–Trinajstić information content (AvgIpc) is 2.34. The second-order valence-electron chi connectivity index (χ2n) is 3.19. The molecule has 1 aromatic carbocycles. The molecule has 2 nitrogen and oxygen atoms in total. The van der Waals surface area contributed by atoms with Crippen LogP contribution in [0.15, 0.2) is 34.4 Å². The summed E-state index contributed by atoms with van der Waals surface area (Å²) in [6, 6.07) is 4.57. The molecule has 1 aromatic rings. The number of hydrogen-bond acceptors (Lipinski definition) is 2. The quantitative estimate of drug-likeness (QED) is 0.816. The van der Waals surface area contributed by atoms with Crippen LogP contribution in [0.2, 0.25) is 0 Å². The molecule has 0 saturated heterocycles. The van der Waals surface area contributed by atoms with Gasteiger partial charge in [-0.05, 0) is 28.4 Å². The summed E-state index contributed by atoms with van der Waals surface area (Å²) in [5, 5.41) is 4.32. The fourth-order valence-corrected chi connectivity index (χ4v) is 1.54. The van der Waals surface area contributed by atoms with Crippen LogP contribution in [0.4, 0.5) is 13.2 Å². The SMILES string of the molecule is [3H]OC(/C=C/I)COc1cccc(C(F)(F)F)c1. The van der Waals surface area contributed by atoms with Gasteiger partial charge in [-0.1, -0.05) is 28.7 Å². The number of benzene rings is 1. The Balaban J connectivity index is 2.68. The maximum atomic E-state index is 12.4. The Morgan fingerprint density at radius 2 is 2.29 bits per heavy atom. The summed E-state index contributed by atoms with van der Waals surface area (Å²) < 4.78 is 50.8. The Bertz CT molecular complexity index is 410. The van der Waals surface area contributed by atoms with E-state index in [1.807, 2.05) is 22.6 Å². The maximum Gasteiger partial charge on any atom is 0.416 e. The van der Waals surface area contributed by atoms with Gasteiger partial charge < -0.3 is 9.85 Å². The van der Waals surface area contributed by atoms with Crippen molar-refractivity contribution in [3.63, 3.8) is 0 Å². The van der Waals surface area contributed by atoms with E-state index in [1.165, 1.54) is 12.1 Å². The predicted molar refractivity (Wildman–Crippen MR) is 66.1 cm³/mol. The smallest absolute Gasteiger partial charge is 0.416 e. The zero-order valence-electron chi connectivity index (χ0n) is 9.58. The minimum absolute atomic E-state index is 0.0235. The molecule has 0 fully saturated rings. The standard InChI is InChI=1S/C11H10F3IO2/c12-11(13,14)8-2-1-3-10(6-8)17-7-9(16)4-5-15/h1-6,9,16H,7H2/b5-4+/i16T. The van der Waals surface area contributed by atoms with Gasteiger partial charge in [-0.2, -0.15) is 13.2 Å². The monoisotopic (exact) mass is 360 g/mol. The Labute approximate surface area is 112 Å². The van der Waals surface area contributed by atoms with Crippen molar-refractivity contribution in [2.24, 2.45) is 0 Å². The number of hydrogen-bond donors (Lipinski definition) is 1. The van der Waals surface area contributed by atoms with Crippen molar-refractivity contribution in [2.45, 2.75) is 12.3 Å². The van der Waals surface area contributed by atoms with Crippen LogP contribution in [0, 0.1) is 0 Å². The molecule has 0 heterocycles. The van der Waals surface area contributed by atoms with Gasteiger partial charge in [-0.3, -0.25) is 0 Å². The van der Waals surface area contributed by atoms with E-state index < -0.39 is 17.8 Å². The molecular weight excluding hydrogens is 348 g/mol. The summed E-state index contributed by atoms with van der Waals surface area (Å²) >= 11 is 1.95. The summed E-state index contributed by atoms with van der Waals surface area (Å²) in [5.41, 5.74) is -0.771. The van der Waals surface area contributed by atoms with Crippen LogP contribution in [0.1, 0.15) is 5.56 Å². The summed E-state index contributed by atoms with van der Waals surface area (Å²) in [6.45, 7) is -0.0235. The number of ether oxygens (including phenoxy) is 1. The van der Waals surface area contributed by atoms with Gasteiger partial charge in [0, 0.05) is 0 Å². The summed E-state index contributed by atoms with van der Waals surface area (Å²) in [6.07, 6.45) is -3.44. The van der Waals surface area contributed by atoms with Gasteiger partial charge >= 0.3 is 6.18 Å². The lowest BCUT2D eigenvalue weighted by atomic mass is 10.2. The second-order valence-corrected chi connectivity index (χ2v) is 3.91. The first-order valence-electron chi connectivity index (χ1n) is 5.07. The van der Waals surface area contributed by atoms with E-state index in [0.717, 1.165) is 12.1 Å². The van der Waals surface area contributed by atoms with Crippen LogP contribution >= 0.6 is 22.6 Å². The number of halogens is 4. The Morgan fingerprint density at radius 1 is 1.53 bits per heavy atom. The van der Waals surface area contributed by atoms with Gasteiger partial charge in [0.25, 0.3) is 0 Å². The molecule has 0 aliphatic rings. The van der Waals surface area contributed by atoms with Crippen molar-refractivity contribution < 1.29 is 23.0 Å². The molecule has 0 saturated carbocycles. The Hall–Kier alpha value is -0.760. The van der Waals surface area contributed by atoms with Crippen LogP contribution in [0.25, 0.3) is 0 Å². The first-order valence-corrected chi connectivity index (χ1v) is 5.91. The molecule has 0 aromatic heterocycles. The van der Waals surface area contributed by atoms with E-state index >= 15 is 0 Å². The Morgan fingerprint density at radius 3 is 2.88 bits per heavy atom. The second kappa shape index (κ2) is 6.25. The molecule has 6 heteroatoms. The normalized spacial score (nSPS) is 14.7.